The van der Waals surface area contributed by atoms with Gasteiger partial charge in [-0.05, 0) is 43.4 Å². The average molecular weight is 424 g/mol. The van der Waals surface area contributed by atoms with Gasteiger partial charge in [0.1, 0.15) is 0 Å². The van der Waals surface area contributed by atoms with E-state index in [1.54, 1.807) is 4.31 Å². The van der Waals surface area contributed by atoms with Crippen molar-refractivity contribution in [3.8, 4) is 11.5 Å². The summed E-state index contributed by atoms with van der Waals surface area (Å²) in [5.74, 6) is 0.976. The van der Waals surface area contributed by atoms with E-state index in [-0.39, 0.29) is 25.2 Å². The van der Waals surface area contributed by atoms with Crippen LogP contribution in [-0.4, -0.2) is 55.9 Å². The Morgan fingerprint density at radius 1 is 1.00 bits per heavy atom. The molecule has 29 heavy (non-hydrogen) atoms. The number of rotatable bonds is 5. The summed E-state index contributed by atoms with van der Waals surface area (Å²) in [5, 5.41) is 2.95. The third-order valence-corrected chi connectivity index (χ3v) is 7.88. The monoisotopic (exact) mass is 423 g/mol. The molecule has 0 radical (unpaired) electrons. The minimum absolute atomic E-state index is 0.0987. The molecule has 2 saturated heterocycles. The highest BCUT2D eigenvalue weighted by Gasteiger charge is 2.35. The first-order valence-electron chi connectivity index (χ1n) is 10.5. The third-order valence-electron chi connectivity index (χ3n) is 5.88. The smallest absolute Gasteiger partial charge is 0.281 e. The van der Waals surface area contributed by atoms with Gasteiger partial charge >= 0.3 is 0 Å². The highest BCUT2D eigenvalue weighted by molar-refractivity contribution is 7.86. The highest BCUT2D eigenvalue weighted by atomic mass is 32.2. The molecule has 0 spiro atoms. The third kappa shape index (κ3) is 4.67. The molecule has 1 atom stereocenters. The van der Waals surface area contributed by atoms with Gasteiger partial charge in [0.25, 0.3) is 10.2 Å². The molecular formula is C20H29N3O5S. The lowest BCUT2D eigenvalue weighted by atomic mass is 9.98. The van der Waals surface area contributed by atoms with E-state index >= 15 is 0 Å². The molecule has 1 aromatic rings. The predicted octanol–water partition coefficient (Wildman–Crippen LogP) is 1.86. The van der Waals surface area contributed by atoms with Gasteiger partial charge in [0.05, 0.1) is 5.92 Å². The van der Waals surface area contributed by atoms with Crippen LogP contribution in [0.3, 0.4) is 0 Å². The number of carbonyl (C=O) groups excluding carboxylic acids is 1. The van der Waals surface area contributed by atoms with Crippen LogP contribution in [0.1, 0.15) is 44.1 Å². The lowest BCUT2D eigenvalue weighted by molar-refractivity contribution is -0.126. The number of ether oxygens (including phenoxy) is 2. The number of hydrogen-bond acceptors (Lipinski definition) is 5. The fourth-order valence-electron chi connectivity index (χ4n) is 4.19. The van der Waals surface area contributed by atoms with Crippen molar-refractivity contribution in [3.05, 3.63) is 23.8 Å². The van der Waals surface area contributed by atoms with E-state index in [4.69, 9.17) is 9.47 Å². The first-order valence-corrected chi connectivity index (χ1v) is 11.9. The van der Waals surface area contributed by atoms with Crippen LogP contribution in [0, 0.1) is 5.92 Å². The van der Waals surface area contributed by atoms with Crippen LogP contribution in [0.4, 0.5) is 0 Å². The molecule has 3 aliphatic heterocycles. The molecule has 1 aromatic carbocycles. The lowest BCUT2D eigenvalue weighted by Crippen LogP contribution is -2.50. The Bertz CT molecular complexity index is 837. The van der Waals surface area contributed by atoms with Crippen molar-refractivity contribution in [1.29, 1.82) is 0 Å². The largest absolute Gasteiger partial charge is 0.454 e. The molecule has 9 heteroatoms. The lowest BCUT2D eigenvalue weighted by Gasteiger charge is -2.34. The van der Waals surface area contributed by atoms with Gasteiger partial charge in [-0.25, -0.2) is 0 Å². The zero-order valence-corrected chi connectivity index (χ0v) is 17.5. The maximum absolute atomic E-state index is 13.0. The second kappa shape index (κ2) is 8.89. The van der Waals surface area contributed by atoms with Gasteiger partial charge in [-0.3, -0.25) is 4.79 Å². The molecule has 4 rings (SSSR count). The summed E-state index contributed by atoms with van der Waals surface area (Å²) in [6.45, 7) is 2.51. The molecule has 3 aliphatic rings. The maximum atomic E-state index is 13.0. The fourth-order valence-corrected chi connectivity index (χ4v) is 5.96. The van der Waals surface area contributed by atoms with Crippen molar-refractivity contribution in [1.82, 2.24) is 13.9 Å². The summed E-state index contributed by atoms with van der Waals surface area (Å²) in [4.78, 5) is 12.7. The zero-order chi connectivity index (χ0) is 20.3. The van der Waals surface area contributed by atoms with Crippen molar-refractivity contribution < 1.29 is 22.7 Å². The number of amides is 1. The van der Waals surface area contributed by atoms with Gasteiger partial charge in [-0.1, -0.05) is 18.9 Å². The van der Waals surface area contributed by atoms with Crippen molar-refractivity contribution in [3.63, 3.8) is 0 Å². The minimum atomic E-state index is -3.49. The Morgan fingerprint density at radius 3 is 2.52 bits per heavy atom. The summed E-state index contributed by atoms with van der Waals surface area (Å²) < 4.78 is 39.9. The average Bonchev–Trinajstić information content (AvgIpc) is 3.02. The highest BCUT2D eigenvalue weighted by Crippen LogP contribution is 2.32. The summed E-state index contributed by atoms with van der Waals surface area (Å²) in [6.07, 6.45) is 5.39. The molecule has 8 nitrogen and oxygen atoms in total. The zero-order valence-electron chi connectivity index (χ0n) is 16.6. The maximum Gasteiger partial charge on any atom is 0.281 e. The Balaban J connectivity index is 1.34. The molecule has 0 aliphatic carbocycles. The topological polar surface area (TPSA) is 88.2 Å². The summed E-state index contributed by atoms with van der Waals surface area (Å²) in [7, 11) is -3.49. The standard InChI is InChI=1S/C20H29N3O5S/c24-20(21-13-16-7-8-18-19(12-16)28-15-27-18)17-6-5-11-23(14-17)29(25,26)22-9-3-1-2-4-10-22/h7-8,12,17H,1-6,9-11,13-15H2,(H,21,24). The van der Waals surface area contributed by atoms with E-state index in [2.05, 4.69) is 5.32 Å². The summed E-state index contributed by atoms with van der Waals surface area (Å²) >= 11 is 0. The van der Waals surface area contributed by atoms with Crippen LogP contribution in [0.2, 0.25) is 0 Å². The van der Waals surface area contributed by atoms with Crippen molar-refractivity contribution in [2.24, 2.45) is 5.92 Å². The van der Waals surface area contributed by atoms with E-state index in [0.29, 0.717) is 50.5 Å². The van der Waals surface area contributed by atoms with Crippen molar-refractivity contribution in [2.45, 2.75) is 45.1 Å². The van der Waals surface area contributed by atoms with Crippen LogP contribution in [0.15, 0.2) is 18.2 Å². The molecular weight excluding hydrogens is 394 g/mol. The van der Waals surface area contributed by atoms with Gasteiger partial charge in [0.2, 0.25) is 12.7 Å². The van der Waals surface area contributed by atoms with Gasteiger partial charge in [-0.2, -0.15) is 17.0 Å². The SMILES string of the molecule is O=C(NCc1ccc2c(c1)OCO2)C1CCCN(S(=O)(=O)N2CCCCCC2)C1. The number of nitrogens with one attached hydrogen (secondary N) is 1. The number of fused-ring (bicyclic) bond motifs is 1. The van der Waals surface area contributed by atoms with Gasteiger partial charge in [0, 0.05) is 32.7 Å². The van der Waals surface area contributed by atoms with Crippen LogP contribution in [-0.2, 0) is 21.5 Å². The Hall–Kier alpha value is -1.84. The van der Waals surface area contributed by atoms with E-state index < -0.39 is 10.2 Å². The normalized spacial score (nSPS) is 23.5. The summed E-state index contributed by atoms with van der Waals surface area (Å²) in [5.41, 5.74) is 0.924. The molecule has 0 bridgehead atoms. The second-order valence-corrected chi connectivity index (χ2v) is 9.85. The van der Waals surface area contributed by atoms with Crippen LogP contribution in [0.5, 0.6) is 11.5 Å². The molecule has 1 N–H and O–H groups in total. The molecule has 160 valence electrons. The molecule has 0 aromatic heterocycles. The molecule has 3 heterocycles. The quantitative estimate of drug-likeness (QED) is 0.781. The first kappa shape index (κ1) is 20.4. The van der Waals surface area contributed by atoms with Gasteiger partial charge in [0.15, 0.2) is 11.5 Å². The number of nitrogens with zero attached hydrogens (tertiary/aromatic N) is 2. The number of piperidine rings is 1. The Kier molecular flexibility index (Phi) is 6.26. The molecule has 1 amide bonds. The number of hydrogen-bond donors (Lipinski definition) is 1. The van der Waals surface area contributed by atoms with E-state index in [9.17, 15) is 13.2 Å². The van der Waals surface area contributed by atoms with Crippen molar-refractivity contribution in [2.75, 3.05) is 33.0 Å². The minimum Gasteiger partial charge on any atom is -0.454 e. The summed E-state index contributed by atoms with van der Waals surface area (Å²) in [6, 6.07) is 5.59. The number of carbonyl (C=O) groups is 1. The van der Waals surface area contributed by atoms with E-state index in [0.717, 1.165) is 31.2 Å². The first-order chi connectivity index (χ1) is 14.0. The Labute approximate surface area is 172 Å². The van der Waals surface area contributed by atoms with E-state index in [1.165, 1.54) is 4.31 Å². The van der Waals surface area contributed by atoms with Gasteiger partial charge < -0.3 is 14.8 Å². The second-order valence-electron chi connectivity index (χ2n) is 7.92. The molecule has 0 saturated carbocycles. The molecule has 1 unspecified atom stereocenters. The van der Waals surface area contributed by atoms with Crippen LogP contribution in [0.25, 0.3) is 0 Å². The van der Waals surface area contributed by atoms with Crippen LogP contribution >= 0.6 is 0 Å². The Morgan fingerprint density at radius 2 is 1.72 bits per heavy atom. The molecule has 2 fully saturated rings. The van der Waals surface area contributed by atoms with Crippen LogP contribution < -0.4 is 14.8 Å². The van der Waals surface area contributed by atoms with E-state index in [1.807, 2.05) is 18.2 Å². The number of benzene rings is 1. The predicted molar refractivity (Wildman–Crippen MR) is 108 cm³/mol. The van der Waals surface area contributed by atoms with Crippen molar-refractivity contribution >= 4 is 16.1 Å². The fraction of sp³-hybridized carbons (Fsp3) is 0.650. The van der Waals surface area contributed by atoms with Gasteiger partial charge in [-0.15, -0.1) is 0 Å².